The van der Waals surface area contributed by atoms with Gasteiger partial charge in [-0.1, -0.05) is 179 Å². The first-order chi connectivity index (χ1) is 56.6. The molecule has 3 radical (unpaired) electrons. The number of aryl methyl sites for hydroxylation is 9. The molecule has 12 aromatic heterocycles. The Morgan fingerprint density at radius 3 is 1.06 bits per heavy atom. The van der Waals surface area contributed by atoms with Crippen LogP contribution in [0.5, 0.6) is 0 Å². The predicted octanol–water partition coefficient (Wildman–Crippen LogP) is 24.6. The van der Waals surface area contributed by atoms with Crippen LogP contribution in [0, 0.1) is 80.4 Å². The number of nitrogens with zero attached hydrogens (tertiary/aromatic N) is 14. The minimum Gasteiger partial charge on any atom is -0.348 e. The van der Waals surface area contributed by atoms with Crippen molar-refractivity contribution in [1.82, 2.24) is 67.7 Å². The maximum atomic E-state index is 13.2. The van der Waals surface area contributed by atoms with Crippen LogP contribution in [0.2, 0.25) is 0 Å². The average molecular weight is 2150 g/mol. The van der Waals surface area contributed by atoms with Crippen molar-refractivity contribution in [1.29, 1.82) is 0 Å². The first kappa shape index (κ1) is 92.4. The fourth-order valence-corrected chi connectivity index (χ4v) is 15.2. The molecule has 0 N–H and O–H groups in total. The number of rotatable bonds is 9. The van der Waals surface area contributed by atoms with Gasteiger partial charge >= 0.3 is 0 Å². The second-order valence-electron chi connectivity index (χ2n) is 28.0. The molecular weight excluding hydrogens is 2060 g/mol. The van der Waals surface area contributed by atoms with Crippen LogP contribution in [-0.4, -0.2) is 67.7 Å². The van der Waals surface area contributed by atoms with E-state index in [0.29, 0.717) is 5.69 Å². The number of aromatic nitrogens is 14. The molecule has 0 saturated heterocycles. The molecule has 0 aliphatic heterocycles. The molecular formula is C101H90F4Ir3N14-6. The summed E-state index contributed by atoms with van der Waals surface area (Å²) < 4.78 is 61.3. The van der Waals surface area contributed by atoms with E-state index < -0.39 is 23.3 Å². The van der Waals surface area contributed by atoms with Gasteiger partial charge in [-0.15, -0.1) is 66.7 Å². The van der Waals surface area contributed by atoms with Gasteiger partial charge in [0, 0.05) is 131 Å². The molecule has 0 bridgehead atoms. The van der Waals surface area contributed by atoms with Crippen LogP contribution in [0.3, 0.4) is 0 Å². The summed E-state index contributed by atoms with van der Waals surface area (Å²) in [5.41, 5.74) is 28.9. The van der Waals surface area contributed by atoms with Crippen molar-refractivity contribution in [3.63, 3.8) is 0 Å². The third kappa shape index (κ3) is 18.3. The van der Waals surface area contributed by atoms with E-state index in [2.05, 4.69) is 216 Å². The molecule has 0 unspecified atom stereocenters. The minimum absolute atomic E-state index is 0. The molecule has 0 amide bonds. The molecule has 0 aliphatic carbocycles. The quantitative estimate of drug-likeness (QED) is 0.0785. The van der Waals surface area contributed by atoms with Gasteiger partial charge in [0.15, 0.2) is 0 Å². The molecule has 0 aliphatic rings. The van der Waals surface area contributed by atoms with Crippen LogP contribution in [0.4, 0.5) is 17.6 Å². The molecule has 122 heavy (non-hydrogen) atoms. The van der Waals surface area contributed by atoms with Gasteiger partial charge in [-0.3, -0.25) is 41.9 Å². The zero-order valence-corrected chi connectivity index (χ0v) is 73.7. The predicted molar refractivity (Wildman–Crippen MR) is 477 cm³/mol. The second-order valence-corrected chi connectivity index (χ2v) is 28.0. The van der Waals surface area contributed by atoms with Crippen LogP contribution in [0.15, 0.2) is 237 Å². The monoisotopic (exact) mass is 2150 g/mol. The Balaban J connectivity index is 0.000000156. The molecule has 21 rings (SSSR count). The zero-order valence-electron chi connectivity index (χ0n) is 66.5. The van der Waals surface area contributed by atoms with Gasteiger partial charge in [0.25, 0.3) is 0 Å². The maximum Gasteiger partial charge on any atom is 0.0777 e. The SMILES string of the molecule is C.C.C.CCc1cc2nc3c4[c-]cc(C)nc4c4ccccc4n3c2cc1CC.CCc1cc2nc3c4[c-]cc(C)nc4c4ccccc4n3c2cc1CC.CCc1cc2nc3c4[c-]cc(C)nc4c4ccccc4n3c2cc1CC.Fc1c[c-]c(-c2ccccn2)c(F)c1.Fc1c[c-]c(-n2cccn2)c(F)c1.[Ir].[Ir].[Ir].[c-]1ccccc1-n1cccn1. The summed E-state index contributed by atoms with van der Waals surface area (Å²) in [6.45, 7) is 19.3. The van der Waals surface area contributed by atoms with E-state index in [4.69, 9.17) is 29.9 Å². The van der Waals surface area contributed by atoms with Gasteiger partial charge in [-0.05, 0) is 212 Å². The Hall–Kier alpha value is -11.9. The molecule has 0 spiro atoms. The Morgan fingerprint density at radius 1 is 0.336 bits per heavy atom. The Kier molecular flexibility index (Phi) is 30.8. The zero-order chi connectivity index (χ0) is 80.3. The molecule has 0 atom stereocenters. The van der Waals surface area contributed by atoms with Crippen LogP contribution in [-0.2, 0) is 98.8 Å². The third-order valence-corrected chi connectivity index (χ3v) is 20.7. The van der Waals surface area contributed by atoms with Crippen molar-refractivity contribution in [3.05, 3.63) is 347 Å². The van der Waals surface area contributed by atoms with Crippen molar-refractivity contribution in [2.45, 2.75) is 123 Å². The molecule has 12 heterocycles. The van der Waals surface area contributed by atoms with Gasteiger partial charge in [0.2, 0.25) is 0 Å². The number of imidazole rings is 3. The second kappa shape index (κ2) is 40.6. The van der Waals surface area contributed by atoms with E-state index in [1.165, 1.54) is 60.8 Å². The van der Waals surface area contributed by atoms with Gasteiger partial charge in [0.1, 0.15) is 0 Å². The fraction of sp³-hybridized carbons (Fsp3) is 0.178. The number of hydrogen-bond donors (Lipinski definition) is 0. The fourth-order valence-electron chi connectivity index (χ4n) is 15.2. The number of fused-ring (bicyclic) bond motifs is 24. The summed E-state index contributed by atoms with van der Waals surface area (Å²) in [5.74, 6) is -2.61. The van der Waals surface area contributed by atoms with Crippen molar-refractivity contribution in [2.24, 2.45) is 0 Å². The van der Waals surface area contributed by atoms with Crippen LogP contribution >= 0.6 is 0 Å². The summed E-state index contributed by atoms with van der Waals surface area (Å²) >= 11 is 0. The molecule has 0 saturated carbocycles. The third-order valence-electron chi connectivity index (χ3n) is 20.7. The standard InChI is InChI=1S/3C23H20N3.C11H6F2N.C9H5F2N2.C9H7N2.3CH4.3Ir/c3*1-4-15-12-19-21(13-16(15)5-2)26-20-9-7-6-8-17(20)22-18(23(26)25-19)11-10-14(3)24-22;12-8-4-5-9(10(13)7-8)11-3-1-2-6-14-11;10-7-2-3-9(8(11)6-7)13-5-1-4-12-13;1-2-5-9(6-3-1)11-8-4-7-10-11;;;;;;/h3*6-10,12-13H,4-5H2,1-3H3;1-4,6-7H;1-2,4-6H;1-5,7-8H;3*1H4;;;/q6*-1;;;;;;. The normalized spacial score (nSPS) is 10.8. The largest absolute Gasteiger partial charge is 0.348 e. The summed E-state index contributed by atoms with van der Waals surface area (Å²) in [6, 6.07) is 83.4. The van der Waals surface area contributed by atoms with Crippen LogP contribution in [0.1, 0.15) is 114 Å². The number of halogens is 4. The summed E-state index contributed by atoms with van der Waals surface area (Å²) in [5, 5.41) is 14.3. The topological polar surface area (TPSA) is 139 Å². The minimum atomic E-state index is -0.677. The smallest absolute Gasteiger partial charge is 0.0777 e. The number of pyridine rings is 7. The van der Waals surface area contributed by atoms with E-state index in [1.807, 2.05) is 75.5 Å². The van der Waals surface area contributed by atoms with E-state index in [9.17, 15) is 17.6 Å². The van der Waals surface area contributed by atoms with Crippen molar-refractivity contribution < 1.29 is 77.9 Å². The van der Waals surface area contributed by atoms with Crippen molar-refractivity contribution in [3.8, 4) is 22.6 Å². The Bertz CT molecular complexity index is 6730. The van der Waals surface area contributed by atoms with E-state index in [1.54, 1.807) is 47.5 Å². The van der Waals surface area contributed by atoms with E-state index in [-0.39, 0.29) is 93.8 Å². The summed E-state index contributed by atoms with van der Waals surface area (Å²) in [4.78, 5) is 33.4. The molecule has 21 aromatic rings. The number of hydrogen-bond acceptors (Lipinski definition) is 9. The molecule has 21 heteroatoms. The maximum absolute atomic E-state index is 13.2. The van der Waals surface area contributed by atoms with Gasteiger partial charge in [-0.25, -0.2) is 0 Å². The molecule has 14 nitrogen and oxygen atoms in total. The molecule has 625 valence electrons. The van der Waals surface area contributed by atoms with Crippen LogP contribution < -0.4 is 0 Å². The van der Waals surface area contributed by atoms with E-state index >= 15 is 0 Å². The van der Waals surface area contributed by atoms with Crippen LogP contribution in [0.25, 0.3) is 138 Å². The number of para-hydroxylation sites is 4. The Labute approximate surface area is 748 Å². The van der Waals surface area contributed by atoms with Gasteiger partial charge in [0.05, 0.1) is 50.0 Å². The summed E-state index contributed by atoms with van der Waals surface area (Å²) in [7, 11) is 0. The van der Waals surface area contributed by atoms with Crippen molar-refractivity contribution in [2.75, 3.05) is 0 Å². The van der Waals surface area contributed by atoms with Gasteiger partial charge < -0.3 is 33.1 Å². The number of benzene rings is 9. The Morgan fingerprint density at radius 2 is 0.705 bits per heavy atom. The molecule has 9 aromatic carbocycles. The first-order valence-electron chi connectivity index (χ1n) is 38.9. The summed E-state index contributed by atoms with van der Waals surface area (Å²) in [6.07, 6.45) is 14.5. The average Bonchev–Trinajstić information content (AvgIpc) is 1.54. The van der Waals surface area contributed by atoms with E-state index in [0.717, 1.165) is 184 Å². The van der Waals surface area contributed by atoms with Gasteiger partial charge in [-0.2, -0.15) is 40.5 Å². The molecule has 0 fully saturated rings. The van der Waals surface area contributed by atoms with Crippen molar-refractivity contribution >= 4 is 115 Å². The first-order valence-corrected chi connectivity index (χ1v) is 38.9.